The summed E-state index contributed by atoms with van der Waals surface area (Å²) in [5.41, 5.74) is 4.84. The number of hydrogen-bond donors (Lipinski definition) is 2. The zero-order valence-corrected chi connectivity index (χ0v) is 16.8. The molecule has 0 aliphatic rings. The van der Waals surface area contributed by atoms with Crippen LogP contribution >= 0.6 is 12.2 Å². The molecule has 0 radical (unpaired) electrons. The van der Waals surface area contributed by atoms with Crippen molar-refractivity contribution in [3.8, 4) is 22.8 Å². The summed E-state index contributed by atoms with van der Waals surface area (Å²) in [6.07, 6.45) is 0.0417. The highest BCUT2D eigenvalue weighted by Gasteiger charge is 2.30. The van der Waals surface area contributed by atoms with Crippen LogP contribution in [0, 0.1) is 0 Å². The van der Waals surface area contributed by atoms with Gasteiger partial charge in [0.1, 0.15) is 12.1 Å². The van der Waals surface area contributed by atoms with Crippen molar-refractivity contribution in [2.24, 2.45) is 5.10 Å². The third-order valence-corrected chi connectivity index (χ3v) is 4.02. The van der Waals surface area contributed by atoms with Crippen LogP contribution in [0.25, 0.3) is 17.1 Å². The molecule has 0 amide bonds. The highest BCUT2D eigenvalue weighted by atomic mass is 32.1. The largest absolute Gasteiger partial charge is 0.573 e. The molecule has 2 aromatic carbocycles. The number of hydrogen-bond acceptors (Lipinski definition) is 5. The summed E-state index contributed by atoms with van der Waals surface area (Å²) in [5, 5.41) is 11.7. The van der Waals surface area contributed by atoms with Gasteiger partial charge in [-0.1, -0.05) is 30.3 Å². The predicted molar refractivity (Wildman–Crippen MR) is 115 cm³/mol. The topological polar surface area (TPSA) is 76.4 Å². The van der Waals surface area contributed by atoms with Gasteiger partial charge in [-0.25, -0.2) is 9.67 Å². The second kappa shape index (κ2) is 9.85. The Morgan fingerprint density at radius 3 is 2.52 bits per heavy atom. The molecule has 0 bridgehead atoms. The van der Waals surface area contributed by atoms with E-state index < -0.39 is 6.36 Å². The van der Waals surface area contributed by atoms with E-state index in [4.69, 9.17) is 12.2 Å². The standard InChI is InChI=1S/C20H17F3N6OS/c1-2-11-24-19(31)27-26-12-14-3-5-15(6-4-14)18-25-13-29(28-18)16-7-9-17(10-8-16)30-20(21,22)23/h2-10,12-13H,1,11H2,(H2,24,27,31). The average Bonchev–Trinajstić information content (AvgIpc) is 3.22. The van der Waals surface area contributed by atoms with E-state index in [1.807, 2.05) is 24.3 Å². The number of halogens is 3. The minimum absolute atomic E-state index is 0.305. The summed E-state index contributed by atoms with van der Waals surface area (Å²) in [6.45, 7) is 4.13. The van der Waals surface area contributed by atoms with E-state index in [0.717, 1.165) is 11.1 Å². The third kappa shape index (κ3) is 6.64. The lowest BCUT2D eigenvalue weighted by atomic mass is 10.1. The summed E-state index contributed by atoms with van der Waals surface area (Å²) in [5.74, 6) is 0.160. The summed E-state index contributed by atoms with van der Waals surface area (Å²) >= 11 is 5.03. The van der Waals surface area contributed by atoms with Gasteiger partial charge in [0, 0.05) is 12.1 Å². The Bertz CT molecular complexity index is 1060. The number of ether oxygens (including phenoxy) is 1. The van der Waals surface area contributed by atoms with Gasteiger partial charge in [-0.05, 0) is 42.0 Å². The zero-order valence-electron chi connectivity index (χ0n) is 16.0. The first-order valence-corrected chi connectivity index (χ1v) is 9.31. The number of nitrogens with zero attached hydrogens (tertiary/aromatic N) is 4. The molecule has 0 saturated carbocycles. The Morgan fingerprint density at radius 1 is 1.16 bits per heavy atom. The van der Waals surface area contributed by atoms with Crippen LogP contribution in [-0.2, 0) is 0 Å². The lowest BCUT2D eigenvalue weighted by molar-refractivity contribution is -0.274. The van der Waals surface area contributed by atoms with Gasteiger partial charge >= 0.3 is 6.36 Å². The van der Waals surface area contributed by atoms with Crippen LogP contribution in [0.1, 0.15) is 5.56 Å². The van der Waals surface area contributed by atoms with E-state index in [1.165, 1.54) is 35.3 Å². The number of aromatic nitrogens is 3. The molecule has 2 N–H and O–H groups in total. The summed E-state index contributed by atoms with van der Waals surface area (Å²) in [7, 11) is 0. The fourth-order valence-corrected chi connectivity index (χ4v) is 2.54. The molecule has 1 heterocycles. The molecular formula is C20H17F3N6OS. The van der Waals surface area contributed by atoms with E-state index in [0.29, 0.717) is 23.2 Å². The normalized spacial score (nSPS) is 11.3. The van der Waals surface area contributed by atoms with Gasteiger partial charge in [0.05, 0.1) is 11.9 Å². The Balaban J connectivity index is 1.63. The molecule has 11 heteroatoms. The predicted octanol–water partition coefficient (Wildman–Crippen LogP) is 3.82. The van der Waals surface area contributed by atoms with E-state index in [9.17, 15) is 13.2 Å². The lowest BCUT2D eigenvalue weighted by Crippen LogP contribution is -2.31. The maximum absolute atomic E-state index is 12.3. The first kappa shape index (κ1) is 22.0. The molecule has 0 atom stereocenters. The van der Waals surface area contributed by atoms with Gasteiger partial charge < -0.3 is 10.1 Å². The van der Waals surface area contributed by atoms with E-state index in [2.05, 4.69) is 37.2 Å². The third-order valence-electron chi connectivity index (χ3n) is 3.78. The zero-order chi connectivity index (χ0) is 22.3. The summed E-state index contributed by atoms with van der Waals surface area (Å²) < 4.78 is 42.1. The number of hydrazone groups is 1. The molecule has 0 saturated heterocycles. The van der Waals surface area contributed by atoms with Gasteiger partial charge in [0.25, 0.3) is 0 Å². The molecule has 3 aromatic rings. The molecule has 0 aliphatic heterocycles. The van der Waals surface area contributed by atoms with E-state index >= 15 is 0 Å². The fourth-order valence-electron chi connectivity index (χ4n) is 2.41. The molecule has 31 heavy (non-hydrogen) atoms. The second-order valence-electron chi connectivity index (χ2n) is 6.05. The minimum Gasteiger partial charge on any atom is -0.406 e. The van der Waals surface area contributed by atoms with Crippen LogP contribution in [-0.4, -0.2) is 39.0 Å². The Hall–Kier alpha value is -3.73. The molecule has 7 nitrogen and oxygen atoms in total. The number of benzene rings is 2. The number of rotatable bonds is 7. The van der Waals surface area contributed by atoms with Gasteiger partial charge in [-0.3, -0.25) is 5.43 Å². The van der Waals surface area contributed by atoms with Crippen molar-refractivity contribution >= 4 is 23.5 Å². The molecule has 3 rings (SSSR count). The molecule has 1 aromatic heterocycles. The van der Waals surface area contributed by atoms with Crippen LogP contribution < -0.4 is 15.5 Å². The van der Waals surface area contributed by atoms with Gasteiger partial charge in [-0.2, -0.15) is 5.10 Å². The summed E-state index contributed by atoms with van der Waals surface area (Å²) in [6, 6.07) is 12.7. The molecule has 0 aliphatic carbocycles. The highest BCUT2D eigenvalue weighted by molar-refractivity contribution is 7.80. The smallest absolute Gasteiger partial charge is 0.406 e. The quantitative estimate of drug-likeness (QED) is 0.249. The number of thiocarbonyl (C=S) groups is 1. The van der Waals surface area contributed by atoms with Gasteiger partial charge in [0.15, 0.2) is 10.9 Å². The van der Waals surface area contributed by atoms with Crippen LogP contribution in [0.4, 0.5) is 13.2 Å². The van der Waals surface area contributed by atoms with E-state index in [1.54, 1.807) is 12.3 Å². The molecule has 160 valence electrons. The van der Waals surface area contributed by atoms with Crippen molar-refractivity contribution in [1.29, 1.82) is 0 Å². The number of nitrogens with one attached hydrogen (secondary N) is 2. The van der Waals surface area contributed by atoms with Crippen LogP contribution in [0.15, 0.2) is 72.6 Å². The Morgan fingerprint density at radius 2 is 1.87 bits per heavy atom. The molecule has 0 spiro atoms. The minimum atomic E-state index is -4.73. The maximum atomic E-state index is 12.3. The monoisotopic (exact) mass is 446 g/mol. The first-order valence-electron chi connectivity index (χ1n) is 8.90. The Kier molecular flexibility index (Phi) is 6.98. The molecular weight excluding hydrogens is 429 g/mol. The highest BCUT2D eigenvalue weighted by Crippen LogP contribution is 2.24. The van der Waals surface area contributed by atoms with Crippen LogP contribution in [0.5, 0.6) is 5.75 Å². The van der Waals surface area contributed by atoms with Crippen molar-refractivity contribution in [1.82, 2.24) is 25.5 Å². The van der Waals surface area contributed by atoms with Gasteiger partial charge in [-0.15, -0.1) is 24.8 Å². The SMILES string of the molecule is C=CCNC(=S)NN=Cc1ccc(-c2ncn(-c3ccc(OC(F)(F)F)cc3)n2)cc1. The first-order chi connectivity index (χ1) is 14.8. The van der Waals surface area contributed by atoms with E-state index in [-0.39, 0.29) is 5.75 Å². The van der Waals surface area contributed by atoms with Crippen molar-refractivity contribution in [3.05, 3.63) is 73.1 Å². The summed E-state index contributed by atoms with van der Waals surface area (Å²) in [4.78, 5) is 4.25. The van der Waals surface area contributed by atoms with Gasteiger partial charge in [0.2, 0.25) is 0 Å². The van der Waals surface area contributed by atoms with Crippen molar-refractivity contribution in [2.45, 2.75) is 6.36 Å². The van der Waals surface area contributed by atoms with Crippen molar-refractivity contribution in [2.75, 3.05) is 6.54 Å². The lowest BCUT2D eigenvalue weighted by Gasteiger charge is -2.09. The van der Waals surface area contributed by atoms with Crippen LogP contribution in [0.3, 0.4) is 0 Å². The molecule has 0 fully saturated rings. The Labute approximate surface area is 181 Å². The average molecular weight is 446 g/mol. The van der Waals surface area contributed by atoms with Crippen molar-refractivity contribution in [3.63, 3.8) is 0 Å². The number of alkyl halides is 3. The second-order valence-corrected chi connectivity index (χ2v) is 6.45. The van der Waals surface area contributed by atoms with Crippen molar-refractivity contribution < 1.29 is 17.9 Å². The maximum Gasteiger partial charge on any atom is 0.573 e. The van der Waals surface area contributed by atoms with Crippen LogP contribution in [0.2, 0.25) is 0 Å². The molecule has 0 unspecified atom stereocenters. The fraction of sp³-hybridized carbons (Fsp3) is 0.100.